The SMILES string of the molecule is CCC(CC)(CNCc1ccc2cc[nH]c2c1)SC. The number of nitrogens with one attached hydrogen (secondary N) is 2. The number of aromatic nitrogens is 1. The van der Waals surface area contributed by atoms with Gasteiger partial charge in [-0.05, 0) is 42.2 Å². The maximum atomic E-state index is 3.62. The Hall–Kier alpha value is -0.930. The molecule has 2 N–H and O–H groups in total. The minimum absolute atomic E-state index is 0.385. The Labute approximate surface area is 120 Å². The number of benzene rings is 1. The van der Waals surface area contributed by atoms with Gasteiger partial charge in [-0.1, -0.05) is 26.0 Å². The van der Waals surface area contributed by atoms with Gasteiger partial charge in [-0.2, -0.15) is 11.8 Å². The molecule has 0 spiro atoms. The van der Waals surface area contributed by atoms with E-state index in [0.717, 1.165) is 13.1 Å². The lowest BCUT2D eigenvalue weighted by atomic mass is 10.0. The summed E-state index contributed by atoms with van der Waals surface area (Å²) in [4.78, 5) is 3.27. The summed E-state index contributed by atoms with van der Waals surface area (Å²) in [5, 5.41) is 4.90. The van der Waals surface area contributed by atoms with Gasteiger partial charge in [0.1, 0.15) is 0 Å². The fourth-order valence-corrected chi connectivity index (χ4v) is 3.32. The zero-order valence-corrected chi connectivity index (χ0v) is 12.9. The Kier molecular flexibility index (Phi) is 4.94. The lowest BCUT2D eigenvalue weighted by molar-refractivity contribution is 0.495. The highest BCUT2D eigenvalue weighted by Gasteiger charge is 2.23. The summed E-state index contributed by atoms with van der Waals surface area (Å²) in [6.07, 6.45) is 6.65. The topological polar surface area (TPSA) is 27.8 Å². The molecule has 1 heterocycles. The van der Waals surface area contributed by atoms with Crippen LogP contribution in [0.2, 0.25) is 0 Å². The zero-order chi connectivity index (χ0) is 13.7. The number of rotatable bonds is 7. The van der Waals surface area contributed by atoms with E-state index in [1.54, 1.807) is 0 Å². The largest absolute Gasteiger partial charge is 0.361 e. The molecule has 0 bridgehead atoms. The molecule has 0 aliphatic carbocycles. The van der Waals surface area contributed by atoms with Crippen LogP contribution in [-0.2, 0) is 6.54 Å². The fraction of sp³-hybridized carbons (Fsp3) is 0.500. The summed E-state index contributed by atoms with van der Waals surface area (Å²) in [7, 11) is 0. The van der Waals surface area contributed by atoms with Crippen molar-refractivity contribution in [2.45, 2.75) is 38.0 Å². The third kappa shape index (κ3) is 3.34. The molecule has 1 aromatic heterocycles. The second-order valence-corrected chi connectivity index (χ2v) is 6.37. The Morgan fingerprint density at radius 1 is 1.21 bits per heavy atom. The highest BCUT2D eigenvalue weighted by atomic mass is 32.2. The quantitative estimate of drug-likeness (QED) is 0.794. The van der Waals surface area contributed by atoms with Gasteiger partial charge in [-0.15, -0.1) is 0 Å². The van der Waals surface area contributed by atoms with Gasteiger partial charge in [0.25, 0.3) is 0 Å². The monoisotopic (exact) mass is 276 g/mol. The first-order valence-corrected chi connectivity index (χ1v) is 8.27. The van der Waals surface area contributed by atoms with Crippen LogP contribution in [0.4, 0.5) is 0 Å². The Bertz CT molecular complexity index is 506. The molecule has 0 aliphatic rings. The van der Waals surface area contributed by atoms with E-state index in [2.05, 4.69) is 54.7 Å². The number of H-pyrrole nitrogens is 1. The predicted molar refractivity (Wildman–Crippen MR) is 86.8 cm³/mol. The molecular weight excluding hydrogens is 252 g/mol. The number of thioether (sulfide) groups is 1. The van der Waals surface area contributed by atoms with Gasteiger partial charge in [0.05, 0.1) is 0 Å². The minimum Gasteiger partial charge on any atom is -0.361 e. The molecule has 2 nitrogen and oxygen atoms in total. The van der Waals surface area contributed by atoms with Crippen LogP contribution in [0.25, 0.3) is 10.9 Å². The van der Waals surface area contributed by atoms with Gasteiger partial charge in [0, 0.05) is 29.6 Å². The van der Waals surface area contributed by atoms with E-state index in [1.807, 2.05) is 18.0 Å². The van der Waals surface area contributed by atoms with E-state index in [4.69, 9.17) is 0 Å². The van der Waals surface area contributed by atoms with Crippen molar-refractivity contribution >= 4 is 22.7 Å². The van der Waals surface area contributed by atoms with E-state index >= 15 is 0 Å². The summed E-state index contributed by atoms with van der Waals surface area (Å²) in [6, 6.07) is 8.74. The Morgan fingerprint density at radius 2 is 2.00 bits per heavy atom. The second-order valence-electron chi connectivity index (χ2n) is 5.10. The molecule has 1 aromatic carbocycles. The lowest BCUT2D eigenvalue weighted by Gasteiger charge is -2.30. The molecule has 2 rings (SSSR count). The average molecular weight is 276 g/mol. The molecule has 0 radical (unpaired) electrons. The fourth-order valence-electron chi connectivity index (χ4n) is 2.50. The Balaban J connectivity index is 1.94. The van der Waals surface area contributed by atoms with Crippen molar-refractivity contribution in [1.29, 1.82) is 0 Å². The van der Waals surface area contributed by atoms with E-state index < -0.39 is 0 Å². The van der Waals surface area contributed by atoms with E-state index in [9.17, 15) is 0 Å². The van der Waals surface area contributed by atoms with Crippen LogP contribution in [-0.4, -0.2) is 22.5 Å². The van der Waals surface area contributed by atoms with Crippen LogP contribution in [0.1, 0.15) is 32.3 Å². The third-order valence-electron chi connectivity index (χ3n) is 4.12. The first kappa shape index (κ1) is 14.5. The number of hydrogen-bond acceptors (Lipinski definition) is 2. The molecule has 0 saturated carbocycles. The zero-order valence-electron chi connectivity index (χ0n) is 12.1. The minimum atomic E-state index is 0.385. The smallest absolute Gasteiger partial charge is 0.0457 e. The molecule has 104 valence electrons. The second kappa shape index (κ2) is 6.49. The molecule has 0 amide bonds. The molecule has 0 atom stereocenters. The van der Waals surface area contributed by atoms with Crippen molar-refractivity contribution in [2.75, 3.05) is 12.8 Å². The Morgan fingerprint density at radius 3 is 2.68 bits per heavy atom. The summed E-state index contributed by atoms with van der Waals surface area (Å²) in [5.41, 5.74) is 2.57. The standard InChI is InChI=1S/C16H24N2S/c1-4-16(5-2,19-3)12-17-11-13-6-7-14-8-9-18-15(14)10-13/h6-10,17-18H,4-5,11-12H2,1-3H3. The highest BCUT2D eigenvalue weighted by molar-refractivity contribution is 8.00. The van der Waals surface area contributed by atoms with E-state index in [0.29, 0.717) is 4.75 Å². The molecule has 19 heavy (non-hydrogen) atoms. The van der Waals surface area contributed by atoms with Crippen molar-refractivity contribution in [1.82, 2.24) is 10.3 Å². The molecule has 3 heteroatoms. The summed E-state index contributed by atoms with van der Waals surface area (Å²) in [6.45, 7) is 6.58. The van der Waals surface area contributed by atoms with Gasteiger partial charge in [-0.25, -0.2) is 0 Å². The van der Waals surface area contributed by atoms with Gasteiger partial charge >= 0.3 is 0 Å². The predicted octanol–water partition coefficient (Wildman–Crippen LogP) is 4.18. The van der Waals surface area contributed by atoms with Gasteiger partial charge < -0.3 is 10.3 Å². The number of hydrogen-bond donors (Lipinski definition) is 2. The van der Waals surface area contributed by atoms with Crippen LogP contribution >= 0.6 is 11.8 Å². The van der Waals surface area contributed by atoms with Crippen LogP contribution in [0.5, 0.6) is 0 Å². The van der Waals surface area contributed by atoms with Gasteiger partial charge in [0.2, 0.25) is 0 Å². The van der Waals surface area contributed by atoms with Crippen LogP contribution < -0.4 is 5.32 Å². The van der Waals surface area contributed by atoms with E-state index in [-0.39, 0.29) is 0 Å². The first-order valence-electron chi connectivity index (χ1n) is 7.05. The average Bonchev–Trinajstić information content (AvgIpc) is 2.92. The van der Waals surface area contributed by atoms with Crippen molar-refractivity contribution in [3.05, 3.63) is 36.0 Å². The van der Waals surface area contributed by atoms with Gasteiger partial charge in [0.15, 0.2) is 0 Å². The van der Waals surface area contributed by atoms with E-state index in [1.165, 1.54) is 29.3 Å². The normalized spacial score (nSPS) is 12.2. The van der Waals surface area contributed by atoms with Crippen molar-refractivity contribution in [3.63, 3.8) is 0 Å². The maximum Gasteiger partial charge on any atom is 0.0457 e. The molecule has 0 unspecified atom stereocenters. The van der Waals surface area contributed by atoms with Gasteiger partial charge in [-0.3, -0.25) is 0 Å². The molecular formula is C16H24N2S. The summed E-state index contributed by atoms with van der Waals surface area (Å²) >= 11 is 1.99. The van der Waals surface area contributed by atoms with Crippen molar-refractivity contribution in [3.8, 4) is 0 Å². The van der Waals surface area contributed by atoms with Crippen LogP contribution in [0.15, 0.2) is 30.5 Å². The highest BCUT2D eigenvalue weighted by Crippen LogP contribution is 2.29. The molecule has 0 saturated heterocycles. The first-order chi connectivity index (χ1) is 9.23. The number of fused-ring (bicyclic) bond motifs is 1. The molecule has 2 aromatic rings. The maximum absolute atomic E-state index is 3.62. The number of aromatic amines is 1. The molecule has 0 fully saturated rings. The van der Waals surface area contributed by atoms with Crippen LogP contribution in [0, 0.1) is 0 Å². The van der Waals surface area contributed by atoms with Crippen molar-refractivity contribution in [2.24, 2.45) is 0 Å². The molecule has 0 aliphatic heterocycles. The summed E-state index contributed by atoms with van der Waals surface area (Å²) < 4.78 is 0.385. The van der Waals surface area contributed by atoms with Crippen molar-refractivity contribution < 1.29 is 0 Å². The summed E-state index contributed by atoms with van der Waals surface area (Å²) in [5.74, 6) is 0. The third-order valence-corrected chi connectivity index (χ3v) is 5.71. The lowest BCUT2D eigenvalue weighted by Crippen LogP contribution is -2.36. The van der Waals surface area contributed by atoms with Crippen LogP contribution in [0.3, 0.4) is 0 Å².